The molecule has 21 heavy (non-hydrogen) atoms. The van der Waals surface area contributed by atoms with Crippen molar-refractivity contribution in [3.05, 3.63) is 22.2 Å². The zero-order valence-electron chi connectivity index (χ0n) is 11.5. The summed E-state index contributed by atoms with van der Waals surface area (Å²) in [5, 5.41) is 6.86. The van der Waals surface area contributed by atoms with Crippen molar-refractivity contribution in [2.45, 2.75) is 30.4 Å². The van der Waals surface area contributed by atoms with Crippen LogP contribution < -0.4 is 5.73 Å². The molecule has 2 aromatic rings. The van der Waals surface area contributed by atoms with Gasteiger partial charge in [-0.25, -0.2) is 8.42 Å². The second-order valence-electron chi connectivity index (χ2n) is 5.03. The summed E-state index contributed by atoms with van der Waals surface area (Å²) in [4.78, 5) is 12.0. The lowest BCUT2D eigenvalue weighted by Gasteiger charge is -2.14. The molecular weight excluding hydrogens is 310 g/mol. The van der Waals surface area contributed by atoms with E-state index in [0.29, 0.717) is 29.0 Å². The minimum Gasteiger partial charge on any atom is -0.365 e. The number of nitrogens with one attached hydrogen (secondary N) is 1. The van der Waals surface area contributed by atoms with Crippen molar-refractivity contribution in [3.63, 3.8) is 0 Å². The van der Waals surface area contributed by atoms with Crippen LogP contribution in [0.15, 0.2) is 10.4 Å². The lowest BCUT2D eigenvalue weighted by Crippen LogP contribution is -2.13. The maximum absolute atomic E-state index is 12.5. The number of amides is 1. The molecule has 0 atom stereocenters. The quantitative estimate of drug-likeness (QED) is 0.888. The second kappa shape index (κ2) is 4.96. The van der Waals surface area contributed by atoms with Gasteiger partial charge in [-0.15, -0.1) is 11.3 Å². The number of primary amides is 1. The number of carbonyl (C=O) groups is 1. The van der Waals surface area contributed by atoms with Crippen LogP contribution in [0.25, 0.3) is 11.3 Å². The van der Waals surface area contributed by atoms with E-state index in [1.807, 2.05) is 6.92 Å². The summed E-state index contributed by atoms with van der Waals surface area (Å²) < 4.78 is 25.2. The molecule has 1 aliphatic rings. The van der Waals surface area contributed by atoms with Crippen LogP contribution in [0.5, 0.6) is 0 Å². The Hall–Kier alpha value is -1.67. The first kappa shape index (κ1) is 14.3. The summed E-state index contributed by atoms with van der Waals surface area (Å²) >= 11 is 0.987. The number of carbonyl (C=O) groups excluding carboxylic acids is 1. The molecule has 6 nitrogen and oxygen atoms in total. The van der Waals surface area contributed by atoms with Gasteiger partial charge in [0.15, 0.2) is 9.84 Å². The number of rotatable bonds is 4. The SMILES string of the molecule is CCCS(=O)(=O)c1sc(C(N)=O)c2c1-c1[nH]ncc1CC2. The molecule has 0 radical (unpaired) electrons. The predicted octanol–water partition coefficient (Wildman–Crippen LogP) is 1.52. The normalized spacial score (nSPS) is 13.8. The molecule has 2 aromatic heterocycles. The van der Waals surface area contributed by atoms with Crippen LogP contribution in [0.3, 0.4) is 0 Å². The predicted molar refractivity (Wildman–Crippen MR) is 80.2 cm³/mol. The number of aryl methyl sites for hydroxylation is 1. The fraction of sp³-hybridized carbons (Fsp3) is 0.385. The van der Waals surface area contributed by atoms with E-state index < -0.39 is 15.7 Å². The average molecular weight is 325 g/mol. The first-order valence-electron chi connectivity index (χ1n) is 6.66. The van der Waals surface area contributed by atoms with Gasteiger partial charge in [-0.2, -0.15) is 5.10 Å². The molecule has 2 heterocycles. The van der Waals surface area contributed by atoms with E-state index >= 15 is 0 Å². The molecule has 0 saturated heterocycles. The number of H-pyrrole nitrogens is 1. The van der Waals surface area contributed by atoms with Crippen LogP contribution >= 0.6 is 11.3 Å². The second-order valence-corrected chi connectivity index (χ2v) is 8.35. The first-order valence-corrected chi connectivity index (χ1v) is 9.13. The van der Waals surface area contributed by atoms with E-state index in [4.69, 9.17) is 5.73 Å². The molecule has 0 unspecified atom stereocenters. The molecule has 0 aliphatic heterocycles. The molecule has 0 aromatic carbocycles. The van der Waals surface area contributed by atoms with E-state index in [2.05, 4.69) is 10.2 Å². The van der Waals surface area contributed by atoms with Gasteiger partial charge in [-0.05, 0) is 30.4 Å². The molecule has 1 amide bonds. The third-order valence-electron chi connectivity index (χ3n) is 3.57. The highest BCUT2D eigenvalue weighted by Crippen LogP contribution is 2.44. The highest BCUT2D eigenvalue weighted by atomic mass is 32.2. The summed E-state index contributed by atoms with van der Waals surface area (Å²) in [7, 11) is -3.42. The van der Waals surface area contributed by atoms with Crippen molar-refractivity contribution in [2.75, 3.05) is 5.75 Å². The lowest BCUT2D eigenvalue weighted by atomic mass is 9.92. The summed E-state index contributed by atoms with van der Waals surface area (Å²) in [5.41, 5.74) is 8.43. The van der Waals surface area contributed by atoms with Crippen molar-refractivity contribution >= 4 is 27.1 Å². The Morgan fingerprint density at radius 2 is 2.24 bits per heavy atom. The Labute approximate surface area is 126 Å². The first-order chi connectivity index (χ1) is 9.95. The highest BCUT2D eigenvalue weighted by molar-refractivity contribution is 7.93. The van der Waals surface area contributed by atoms with Gasteiger partial charge < -0.3 is 5.73 Å². The highest BCUT2D eigenvalue weighted by Gasteiger charge is 2.33. The van der Waals surface area contributed by atoms with Crippen molar-refractivity contribution in [3.8, 4) is 11.3 Å². The molecule has 8 heteroatoms. The molecule has 112 valence electrons. The monoisotopic (exact) mass is 325 g/mol. The van der Waals surface area contributed by atoms with E-state index in [0.717, 1.165) is 28.9 Å². The van der Waals surface area contributed by atoms with E-state index in [1.165, 1.54) is 0 Å². The molecule has 0 saturated carbocycles. The Balaban J connectivity index is 2.31. The number of thiophene rings is 1. The number of nitrogens with two attached hydrogens (primary N) is 1. The van der Waals surface area contributed by atoms with Crippen LogP contribution in [-0.2, 0) is 22.7 Å². The van der Waals surface area contributed by atoms with Gasteiger partial charge in [0.05, 0.1) is 22.5 Å². The number of fused-ring (bicyclic) bond motifs is 3. The Bertz CT molecular complexity index is 818. The number of hydrogen-bond acceptors (Lipinski definition) is 5. The number of hydrogen-bond donors (Lipinski definition) is 2. The summed E-state index contributed by atoms with van der Waals surface area (Å²) in [6.07, 6.45) is 3.56. The van der Waals surface area contributed by atoms with Crippen molar-refractivity contribution in [1.82, 2.24) is 10.2 Å². The van der Waals surface area contributed by atoms with Gasteiger partial charge in [-0.3, -0.25) is 9.89 Å². The Morgan fingerprint density at radius 1 is 1.48 bits per heavy atom. The van der Waals surface area contributed by atoms with Crippen molar-refractivity contribution < 1.29 is 13.2 Å². The molecule has 3 N–H and O–H groups in total. The van der Waals surface area contributed by atoms with Crippen LogP contribution in [0.2, 0.25) is 0 Å². The standard InChI is InChI=1S/C13H15N3O3S2/c1-2-5-21(18,19)13-9-8(11(20-13)12(14)17)4-3-7-6-15-16-10(7)9/h6H,2-5H2,1H3,(H2,14,17)(H,15,16). The van der Waals surface area contributed by atoms with E-state index in [-0.39, 0.29) is 9.96 Å². The number of aromatic nitrogens is 2. The van der Waals surface area contributed by atoms with E-state index in [1.54, 1.807) is 6.20 Å². The van der Waals surface area contributed by atoms with Gasteiger partial charge in [0.25, 0.3) is 5.91 Å². The zero-order valence-corrected chi connectivity index (χ0v) is 13.1. The van der Waals surface area contributed by atoms with Gasteiger partial charge in [0.2, 0.25) is 0 Å². The number of sulfone groups is 1. The Kier molecular flexibility index (Phi) is 3.37. The fourth-order valence-electron chi connectivity index (χ4n) is 2.69. The fourth-order valence-corrected chi connectivity index (χ4v) is 5.90. The summed E-state index contributed by atoms with van der Waals surface area (Å²) in [6, 6.07) is 0. The Morgan fingerprint density at radius 3 is 2.90 bits per heavy atom. The minimum absolute atomic E-state index is 0.0572. The van der Waals surface area contributed by atoms with Gasteiger partial charge in [0.1, 0.15) is 4.21 Å². The van der Waals surface area contributed by atoms with Crippen LogP contribution in [-0.4, -0.2) is 30.3 Å². The molecular formula is C13H15N3O3S2. The van der Waals surface area contributed by atoms with Crippen LogP contribution in [0, 0.1) is 0 Å². The molecule has 0 fully saturated rings. The molecule has 0 spiro atoms. The maximum atomic E-state index is 12.5. The van der Waals surface area contributed by atoms with Crippen molar-refractivity contribution in [2.24, 2.45) is 5.73 Å². The number of aromatic amines is 1. The van der Waals surface area contributed by atoms with Gasteiger partial charge in [0, 0.05) is 5.56 Å². The van der Waals surface area contributed by atoms with Crippen LogP contribution in [0.1, 0.15) is 34.1 Å². The average Bonchev–Trinajstić information content (AvgIpc) is 3.02. The summed E-state index contributed by atoms with van der Waals surface area (Å²) in [6.45, 7) is 1.81. The molecule has 3 rings (SSSR count). The van der Waals surface area contributed by atoms with Gasteiger partial charge in [-0.1, -0.05) is 6.92 Å². The largest absolute Gasteiger partial charge is 0.365 e. The van der Waals surface area contributed by atoms with Gasteiger partial charge >= 0.3 is 0 Å². The van der Waals surface area contributed by atoms with Crippen LogP contribution in [0.4, 0.5) is 0 Å². The smallest absolute Gasteiger partial charge is 0.259 e. The maximum Gasteiger partial charge on any atom is 0.259 e. The molecule has 1 aliphatic carbocycles. The zero-order chi connectivity index (χ0) is 15.2. The third kappa shape index (κ3) is 2.18. The minimum atomic E-state index is -3.42. The molecule has 0 bridgehead atoms. The lowest BCUT2D eigenvalue weighted by molar-refractivity contribution is 0.100. The summed E-state index contributed by atoms with van der Waals surface area (Å²) in [5.74, 6) is -0.515. The van der Waals surface area contributed by atoms with E-state index in [9.17, 15) is 13.2 Å². The van der Waals surface area contributed by atoms with Crippen molar-refractivity contribution in [1.29, 1.82) is 0 Å². The number of nitrogens with zero attached hydrogens (tertiary/aromatic N) is 1. The topological polar surface area (TPSA) is 106 Å². The third-order valence-corrected chi connectivity index (χ3v) is 7.33.